The summed E-state index contributed by atoms with van der Waals surface area (Å²) in [5.41, 5.74) is 0. The van der Waals surface area contributed by atoms with E-state index >= 15 is 0 Å². The largest absolute Gasteiger partial charge is 0.466 e. The van der Waals surface area contributed by atoms with Crippen LogP contribution in [-0.4, -0.2) is 49.6 Å². The summed E-state index contributed by atoms with van der Waals surface area (Å²) in [6, 6.07) is 0. The zero-order valence-corrected chi connectivity index (χ0v) is 11.0. The van der Waals surface area contributed by atoms with E-state index in [9.17, 15) is 9.59 Å². The number of hydrogen-bond acceptors (Lipinski definition) is 4. The second kappa shape index (κ2) is 7.87. The Hall–Kier alpha value is -1.36. The van der Waals surface area contributed by atoms with Crippen LogP contribution in [-0.2, 0) is 14.3 Å². The highest BCUT2D eigenvalue weighted by atomic mass is 16.5. The Morgan fingerprint density at radius 3 is 2.67 bits per heavy atom. The lowest BCUT2D eigenvalue weighted by molar-refractivity contribution is -0.151. The molecule has 0 aromatic carbocycles. The highest BCUT2D eigenvalue weighted by Crippen LogP contribution is 2.18. The molecular weight excluding hydrogens is 232 g/mol. The quantitative estimate of drug-likeness (QED) is 0.427. The summed E-state index contributed by atoms with van der Waals surface area (Å²) in [5, 5.41) is 2.99. The minimum absolute atomic E-state index is 0.0462. The van der Waals surface area contributed by atoms with Gasteiger partial charge in [0.2, 0.25) is 5.91 Å². The van der Waals surface area contributed by atoms with Crippen molar-refractivity contribution >= 4 is 11.9 Å². The Kier molecular flexibility index (Phi) is 6.43. The molecule has 1 aliphatic rings. The third-order valence-corrected chi connectivity index (χ3v) is 3.03. The summed E-state index contributed by atoms with van der Waals surface area (Å²) in [7, 11) is 0. The zero-order chi connectivity index (χ0) is 13.4. The van der Waals surface area contributed by atoms with Crippen molar-refractivity contribution in [1.82, 2.24) is 10.2 Å². The number of amides is 1. The topological polar surface area (TPSA) is 58.6 Å². The van der Waals surface area contributed by atoms with E-state index in [0.29, 0.717) is 45.6 Å². The molecule has 0 aromatic rings. The molecule has 18 heavy (non-hydrogen) atoms. The number of piperidine rings is 1. The standard InChI is InChI=1S/C13H22N2O3/c1-3-7-14-10-12(16)15-8-5-11(6-9-15)13(17)18-4-2/h3,11,14H,1,4-10H2,2H3. The fourth-order valence-corrected chi connectivity index (χ4v) is 2.02. The predicted molar refractivity (Wildman–Crippen MR) is 69.0 cm³/mol. The van der Waals surface area contributed by atoms with Crippen molar-refractivity contribution in [3.8, 4) is 0 Å². The van der Waals surface area contributed by atoms with Crippen LogP contribution in [0.4, 0.5) is 0 Å². The second-order valence-electron chi connectivity index (χ2n) is 4.33. The molecule has 1 rings (SSSR count). The van der Waals surface area contributed by atoms with Gasteiger partial charge in [-0.1, -0.05) is 6.08 Å². The molecular formula is C13H22N2O3. The molecule has 0 bridgehead atoms. The maximum Gasteiger partial charge on any atom is 0.309 e. The van der Waals surface area contributed by atoms with Crippen LogP contribution in [0.3, 0.4) is 0 Å². The first-order chi connectivity index (χ1) is 8.69. The monoisotopic (exact) mass is 254 g/mol. The van der Waals surface area contributed by atoms with Gasteiger partial charge in [0.25, 0.3) is 0 Å². The van der Waals surface area contributed by atoms with E-state index in [1.807, 2.05) is 6.92 Å². The Labute approximate surface area is 108 Å². The molecule has 102 valence electrons. The maximum absolute atomic E-state index is 11.8. The number of esters is 1. The Morgan fingerprint density at radius 2 is 2.11 bits per heavy atom. The fraction of sp³-hybridized carbons (Fsp3) is 0.692. The van der Waals surface area contributed by atoms with E-state index < -0.39 is 0 Å². The van der Waals surface area contributed by atoms with Gasteiger partial charge in [0.15, 0.2) is 0 Å². The maximum atomic E-state index is 11.8. The van der Waals surface area contributed by atoms with E-state index in [4.69, 9.17) is 4.74 Å². The number of carbonyl (C=O) groups excluding carboxylic acids is 2. The number of rotatable bonds is 6. The molecule has 1 N–H and O–H groups in total. The van der Waals surface area contributed by atoms with Gasteiger partial charge < -0.3 is 15.0 Å². The molecule has 0 radical (unpaired) electrons. The van der Waals surface area contributed by atoms with E-state index in [2.05, 4.69) is 11.9 Å². The van der Waals surface area contributed by atoms with E-state index in [1.54, 1.807) is 11.0 Å². The van der Waals surface area contributed by atoms with Crippen molar-refractivity contribution in [2.75, 3.05) is 32.8 Å². The number of likely N-dealkylation sites (tertiary alicyclic amines) is 1. The number of nitrogens with one attached hydrogen (secondary N) is 1. The summed E-state index contributed by atoms with van der Waals surface area (Å²) < 4.78 is 4.99. The van der Waals surface area contributed by atoms with Gasteiger partial charge in [-0.25, -0.2) is 0 Å². The summed E-state index contributed by atoms with van der Waals surface area (Å²) in [6.07, 6.45) is 3.12. The Bertz CT molecular complexity index is 297. The average molecular weight is 254 g/mol. The van der Waals surface area contributed by atoms with Crippen LogP contribution in [0, 0.1) is 5.92 Å². The SMILES string of the molecule is C=CCNCC(=O)N1CCC(C(=O)OCC)CC1. The van der Waals surface area contributed by atoms with E-state index in [-0.39, 0.29) is 17.8 Å². The van der Waals surface area contributed by atoms with Crippen LogP contribution in [0.2, 0.25) is 0 Å². The van der Waals surface area contributed by atoms with Crippen molar-refractivity contribution in [3.05, 3.63) is 12.7 Å². The molecule has 1 amide bonds. The predicted octanol–water partition coefficient (Wildman–Crippen LogP) is 0.564. The molecule has 0 aliphatic carbocycles. The van der Waals surface area contributed by atoms with Crippen molar-refractivity contribution in [1.29, 1.82) is 0 Å². The molecule has 0 unspecified atom stereocenters. The van der Waals surface area contributed by atoms with E-state index in [1.165, 1.54) is 0 Å². The number of hydrogen-bond donors (Lipinski definition) is 1. The first-order valence-electron chi connectivity index (χ1n) is 6.45. The van der Waals surface area contributed by atoms with Crippen LogP contribution >= 0.6 is 0 Å². The summed E-state index contributed by atoms with van der Waals surface area (Å²) >= 11 is 0. The fourth-order valence-electron chi connectivity index (χ4n) is 2.02. The van der Waals surface area contributed by atoms with Gasteiger partial charge in [0.05, 0.1) is 19.1 Å². The van der Waals surface area contributed by atoms with Crippen LogP contribution in [0.15, 0.2) is 12.7 Å². The van der Waals surface area contributed by atoms with Crippen LogP contribution < -0.4 is 5.32 Å². The first kappa shape index (κ1) is 14.7. The molecule has 0 aromatic heterocycles. The third kappa shape index (κ3) is 4.49. The molecule has 0 atom stereocenters. The summed E-state index contributed by atoms with van der Waals surface area (Å²) in [6.45, 7) is 8.04. The lowest BCUT2D eigenvalue weighted by Crippen LogP contribution is -2.44. The smallest absolute Gasteiger partial charge is 0.309 e. The zero-order valence-electron chi connectivity index (χ0n) is 11.0. The minimum Gasteiger partial charge on any atom is -0.466 e. The highest BCUT2D eigenvalue weighted by molar-refractivity contribution is 5.79. The van der Waals surface area contributed by atoms with Gasteiger partial charge in [-0.3, -0.25) is 9.59 Å². The molecule has 1 aliphatic heterocycles. The highest BCUT2D eigenvalue weighted by Gasteiger charge is 2.27. The van der Waals surface area contributed by atoms with Crippen molar-refractivity contribution in [2.45, 2.75) is 19.8 Å². The molecule has 1 heterocycles. The van der Waals surface area contributed by atoms with Crippen molar-refractivity contribution < 1.29 is 14.3 Å². The lowest BCUT2D eigenvalue weighted by atomic mass is 9.97. The van der Waals surface area contributed by atoms with Gasteiger partial charge in [-0.15, -0.1) is 6.58 Å². The van der Waals surface area contributed by atoms with Gasteiger partial charge in [-0.2, -0.15) is 0 Å². The molecule has 5 heteroatoms. The van der Waals surface area contributed by atoms with Crippen LogP contribution in [0.1, 0.15) is 19.8 Å². The van der Waals surface area contributed by atoms with E-state index in [0.717, 1.165) is 0 Å². The molecule has 0 saturated carbocycles. The van der Waals surface area contributed by atoms with Gasteiger partial charge >= 0.3 is 5.97 Å². The normalized spacial score (nSPS) is 16.4. The first-order valence-corrected chi connectivity index (χ1v) is 6.45. The Balaban J connectivity index is 2.28. The number of nitrogens with zero attached hydrogens (tertiary/aromatic N) is 1. The summed E-state index contributed by atoms with van der Waals surface area (Å²) in [5.74, 6) is -0.0938. The molecule has 0 spiro atoms. The van der Waals surface area contributed by atoms with Gasteiger partial charge in [0, 0.05) is 19.6 Å². The van der Waals surface area contributed by atoms with Gasteiger partial charge in [0.1, 0.15) is 0 Å². The van der Waals surface area contributed by atoms with Crippen LogP contribution in [0.5, 0.6) is 0 Å². The van der Waals surface area contributed by atoms with Gasteiger partial charge in [-0.05, 0) is 19.8 Å². The minimum atomic E-state index is -0.130. The average Bonchev–Trinajstić information content (AvgIpc) is 2.39. The third-order valence-electron chi connectivity index (χ3n) is 3.03. The molecule has 5 nitrogen and oxygen atoms in total. The number of carbonyl (C=O) groups is 2. The number of ether oxygens (including phenoxy) is 1. The second-order valence-corrected chi connectivity index (χ2v) is 4.33. The molecule has 1 fully saturated rings. The molecule has 1 saturated heterocycles. The summed E-state index contributed by atoms with van der Waals surface area (Å²) in [4.78, 5) is 25.1. The van der Waals surface area contributed by atoms with Crippen molar-refractivity contribution in [2.24, 2.45) is 5.92 Å². The lowest BCUT2D eigenvalue weighted by Gasteiger charge is -2.30. The van der Waals surface area contributed by atoms with Crippen LogP contribution in [0.25, 0.3) is 0 Å². The Morgan fingerprint density at radius 1 is 1.44 bits per heavy atom. The van der Waals surface area contributed by atoms with Crippen molar-refractivity contribution in [3.63, 3.8) is 0 Å².